The number of hydrogen-bond donors (Lipinski definition) is 2. The SMILES string of the molecule is Cc1cc(N(C)C)cc(C)c1N=C1NCCN1. The Morgan fingerprint density at radius 3 is 2.06 bits per heavy atom. The first-order valence-corrected chi connectivity index (χ1v) is 5.93. The van der Waals surface area contributed by atoms with Crippen LogP contribution < -0.4 is 15.5 Å². The molecule has 1 fully saturated rings. The highest BCUT2D eigenvalue weighted by Gasteiger charge is 2.09. The number of hydrogen-bond acceptors (Lipinski definition) is 2. The molecule has 0 bridgehead atoms. The predicted molar refractivity (Wildman–Crippen MR) is 73.3 cm³/mol. The highest BCUT2D eigenvalue weighted by Crippen LogP contribution is 2.28. The average molecular weight is 232 g/mol. The number of aryl methyl sites for hydroxylation is 2. The summed E-state index contributed by atoms with van der Waals surface area (Å²) in [6.07, 6.45) is 0. The molecule has 1 heterocycles. The molecule has 2 N–H and O–H groups in total. The lowest BCUT2D eigenvalue weighted by Gasteiger charge is -2.16. The summed E-state index contributed by atoms with van der Waals surface area (Å²) >= 11 is 0. The van der Waals surface area contributed by atoms with Crippen molar-refractivity contribution in [1.29, 1.82) is 0 Å². The summed E-state index contributed by atoms with van der Waals surface area (Å²) in [6, 6.07) is 4.34. The number of aliphatic imine (C=N–C) groups is 1. The Hall–Kier alpha value is -1.71. The van der Waals surface area contributed by atoms with Crippen LogP contribution in [0.1, 0.15) is 11.1 Å². The first kappa shape index (κ1) is 11.8. The minimum absolute atomic E-state index is 0.883. The predicted octanol–water partition coefficient (Wildman–Crippen LogP) is 1.55. The van der Waals surface area contributed by atoms with Crippen molar-refractivity contribution in [3.8, 4) is 0 Å². The molecule has 0 amide bonds. The lowest BCUT2D eigenvalue weighted by atomic mass is 10.1. The van der Waals surface area contributed by atoms with E-state index >= 15 is 0 Å². The number of guanidine groups is 1. The second kappa shape index (κ2) is 4.65. The molecule has 1 aliphatic heterocycles. The molecule has 4 heteroatoms. The fourth-order valence-corrected chi connectivity index (χ4v) is 1.98. The molecular weight excluding hydrogens is 212 g/mol. The van der Waals surface area contributed by atoms with E-state index < -0.39 is 0 Å². The van der Waals surface area contributed by atoms with Crippen LogP contribution in [0.5, 0.6) is 0 Å². The number of rotatable bonds is 2. The molecule has 92 valence electrons. The van der Waals surface area contributed by atoms with Gasteiger partial charge in [-0.3, -0.25) is 0 Å². The minimum atomic E-state index is 0.883. The summed E-state index contributed by atoms with van der Waals surface area (Å²) < 4.78 is 0. The Labute approximate surface area is 103 Å². The van der Waals surface area contributed by atoms with Gasteiger partial charge in [0.15, 0.2) is 5.96 Å². The van der Waals surface area contributed by atoms with Gasteiger partial charge in [-0.2, -0.15) is 0 Å². The Kier molecular flexibility index (Phi) is 3.22. The normalized spacial score (nSPS) is 14.2. The smallest absolute Gasteiger partial charge is 0.196 e. The van der Waals surface area contributed by atoms with Gasteiger partial charge in [0.2, 0.25) is 0 Å². The molecule has 17 heavy (non-hydrogen) atoms. The topological polar surface area (TPSA) is 39.7 Å². The summed E-state index contributed by atoms with van der Waals surface area (Å²) in [5.41, 5.74) is 4.69. The molecule has 4 nitrogen and oxygen atoms in total. The van der Waals surface area contributed by atoms with E-state index in [2.05, 4.69) is 60.6 Å². The van der Waals surface area contributed by atoms with Crippen molar-refractivity contribution in [1.82, 2.24) is 10.6 Å². The molecule has 0 spiro atoms. The molecular formula is C13H20N4. The van der Waals surface area contributed by atoms with Crippen LogP contribution in [0, 0.1) is 13.8 Å². The Morgan fingerprint density at radius 1 is 1.06 bits per heavy atom. The van der Waals surface area contributed by atoms with Crippen molar-refractivity contribution in [2.24, 2.45) is 4.99 Å². The lowest BCUT2D eigenvalue weighted by molar-refractivity contribution is 0.942. The Morgan fingerprint density at radius 2 is 1.59 bits per heavy atom. The van der Waals surface area contributed by atoms with E-state index in [1.54, 1.807) is 0 Å². The van der Waals surface area contributed by atoms with Gasteiger partial charge < -0.3 is 15.5 Å². The van der Waals surface area contributed by atoms with Crippen LogP contribution in [-0.2, 0) is 0 Å². The van der Waals surface area contributed by atoms with E-state index in [1.165, 1.54) is 16.8 Å². The third-order valence-electron chi connectivity index (χ3n) is 2.93. The molecule has 0 atom stereocenters. The zero-order valence-corrected chi connectivity index (χ0v) is 11.0. The monoisotopic (exact) mass is 232 g/mol. The molecule has 0 saturated carbocycles. The summed E-state index contributed by atoms with van der Waals surface area (Å²) in [4.78, 5) is 6.75. The van der Waals surface area contributed by atoms with Crippen LogP contribution in [-0.4, -0.2) is 33.1 Å². The van der Waals surface area contributed by atoms with E-state index in [1.807, 2.05) is 0 Å². The van der Waals surface area contributed by atoms with Gasteiger partial charge in [-0.1, -0.05) is 0 Å². The second-order valence-corrected chi connectivity index (χ2v) is 4.64. The van der Waals surface area contributed by atoms with Crippen molar-refractivity contribution in [2.45, 2.75) is 13.8 Å². The molecule has 2 rings (SSSR count). The summed E-state index contributed by atoms with van der Waals surface area (Å²) in [7, 11) is 4.11. The standard InChI is InChI=1S/C13H20N4/c1-9-7-11(17(3)4)8-10(2)12(9)16-13-14-5-6-15-13/h7-8H,5-6H2,1-4H3,(H2,14,15,16). The maximum absolute atomic E-state index is 4.63. The van der Waals surface area contributed by atoms with Gasteiger partial charge in [0.25, 0.3) is 0 Å². The van der Waals surface area contributed by atoms with E-state index in [0.717, 1.165) is 24.7 Å². The van der Waals surface area contributed by atoms with E-state index in [9.17, 15) is 0 Å². The zero-order valence-electron chi connectivity index (χ0n) is 11.0. The second-order valence-electron chi connectivity index (χ2n) is 4.64. The van der Waals surface area contributed by atoms with E-state index in [0.29, 0.717) is 0 Å². The van der Waals surface area contributed by atoms with Crippen molar-refractivity contribution < 1.29 is 0 Å². The number of anilines is 1. The van der Waals surface area contributed by atoms with Crippen molar-refractivity contribution in [3.63, 3.8) is 0 Å². The summed E-state index contributed by atoms with van der Waals surface area (Å²) in [6.45, 7) is 6.11. The third-order valence-corrected chi connectivity index (χ3v) is 2.93. The fraction of sp³-hybridized carbons (Fsp3) is 0.462. The molecule has 0 aliphatic carbocycles. The summed E-state index contributed by atoms with van der Waals surface area (Å²) in [5, 5.41) is 6.45. The van der Waals surface area contributed by atoms with Crippen LogP contribution in [0.25, 0.3) is 0 Å². The van der Waals surface area contributed by atoms with Gasteiger partial charge in [-0.05, 0) is 37.1 Å². The lowest BCUT2D eigenvalue weighted by Crippen LogP contribution is -2.23. The quantitative estimate of drug-likeness (QED) is 0.812. The van der Waals surface area contributed by atoms with Crippen LogP contribution in [0.3, 0.4) is 0 Å². The molecule has 1 saturated heterocycles. The molecule has 1 aromatic rings. The van der Waals surface area contributed by atoms with E-state index in [-0.39, 0.29) is 0 Å². The number of nitrogens with one attached hydrogen (secondary N) is 2. The van der Waals surface area contributed by atoms with Gasteiger partial charge in [0.1, 0.15) is 0 Å². The molecule has 1 aromatic carbocycles. The van der Waals surface area contributed by atoms with Gasteiger partial charge in [0.05, 0.1) is 5.69 Å². The van der Waals surface area contributed by atoms with Crippen LogP contribution in [0.4, 0.5) is 11.4 Å². The van der Waals surface area contributed by atoms with E-state index in [4.69, 9.17) is 0 Å². The maximum atomic E-state index is 4.63. The largest absolute Gasteiger partial charge is 0.378 e. The van der Waals surface area contributed by atoms with Crippen molar-refractivity contribution >= 4 is 17.3 Å². The third kappa shape index (κ3) is 2.52. The van der Waals surface area contributed by atoms with Gasteiger partial charge in [0, 0.05) is 32.9 Å². The number of nitrogens with zero attached hydrogens (tertiary/aromatic N) is 2. The maximum Gasteiger partial charge on any atom is 0.196 e. The van der Waals surface area contributed by atoms with Gasteiger partial charge >= 0.3 is 0 Å². The summed E-state index contributed by atoms with van der Waals surface area (Å²) in [5.74, 6) is 0.883. The molecule has 0 aromatic heterocycles. The highest BCUT2D eigenvalue weighted by atomic mass is 15.2. The van der Waals surface area contributed by atoms with Crippen molar-refractivity contribution in [3.05, 3.63) is 23.3 Å². The number of benzene rings is 1. The van der Waals surface area contributed by atoms with Gasteiger partial charge in [-0.15, -0.1) is 0 Å². The first-order valence-electron chi connectivity index (χ1n) is 5.93. The Balaban J connectivity index is 2.38. The molecule has 1 aliphatic rings. The Bertz CT molecular complexity index is 418. The average Bonchev–Trinajstić information content (AvgIpc) is 2.75. The van der Waals surface area contributed by atoms with Crippen LogP contribution in [0.2, 0.25) is 0 Å². The fourth-order valence-electron chi connectivity index (χ4n) is 1.98. The highest BCUT2D eigenvalue weighted by molar-refractivity contribution is 5.85. The van der Waals surface area contributed by atoms with Gasteiger partial charge in [-0.25, -0.2) is 4.99 Å². The van der Waals surface area contributed by atoms with Crippen molar-refractivity contribution in [2.75, 3.05) is 32.1 Å². The minimum Gasteiger partial charge on any atom is -0.378 e. The zero-order chi connectivity index (χ0) is 12.4. The first-order chi connectivity index (χ1) is 8.08. The molecule has 0 radical (unpaired) electrons. The van der Waals surface area contributed by atoms with Crippen LogP contribution in [0.15, 0.2) is 17.1 Å². The molecule has 0 unspecified atom stereocenters. The van der Waals surface area contributed by atoms with Crippen LogP contribution >= 0.6 is 0 Å².